The number of anilines is 1. The number of ketones is 1. The topological polar surface area (TPSA) is 86.2 Å². The van der Waals surface area contributed by atoms with E-state index >= 15 is 0 Å². The highest BCUT2D eigenvalue weighted by atomic mass is 32.1. The third-order valence-electron chi connectivity index (χ3n) is 3.93. The Kier molecular flexibility index (Phi) is 4.69. The van der Waals surface area contributed by atoms with Gasteiger partial charge in [-0.05, 0) is 37.7 Å². The molecule has 2 aliphatic rings. The Bertz CT molecular complexity index is 609. The first-order chi connectivity index (χ1) is 9.99. The molecule has 4 nitrogen and oxygen atoms in total. The maximum Gasteiger partial charge on any atom is 0.251 e. The number of nitrogen functional groups attached to an aromatic ring is 1. The molecule has 5 heteroatoms. The van der Waals surface area contributed by atoms with Gasteiger partial charge in [0.2, 0.25) is 0 Å². The third-order valence-corrected chi connectivity index (χ3v) is 5.01. The third kappa shape index (κ3) is 3.27. The van der Waals surface area contributed by atoms with Crippen molar-refractivity contribution in [1.29, 1.82) is 0 Å². The molecule has 1 aromatic heterocycles. The van der Waals surface area contributed by atoms with Gasteiger partial charge >= 0.3 is 0 Å². The Morgan fingerprint density at radius 1 is 1.43 bits per heavy atom. The number of nitrogens with two attached hydrogens (primary N) is 2. The molecule has 3 rings (SSSR count). The monoisotopic (exact) mass is 304 g/mol. The summed E-state index contributed by atoms with van der Waals surface area (Å²) in [7, 11) is 0. The molecule has 0 radical (unpaired) electrons. The molecule has 0 unspecified atom stereocenters. The maximum absolute atomic E-state index is 12.4. The first-order valence-corrected chi connectivity index (χ1v) is 7.93. The van der Waals surface area contributed by atoms with Crippen LogP contribution in [0.5, 0.6) is 0 Å². The lowest BCUT2D eigenvalue weighted by Gasteiger charge is -2.20. The van der Waals surface area contributed by atoms with Crippen LogP contribution in [-0.4, -0.2) is 11.7 Å². The molecule has 0 saturated heterocycles. The Morgan fingerprint density at radius 2 is 2.05 bits per heavy atom. The lowest BCUT2D eigenvalue weighted by atomic mass is 9.83. The normalized spacial score (nSPS) is 20.0. The second-order valence-corrected chi connectivity index (χ2v) is 6.63. The molecule has 4 N–H and O–H groups in total. The van der Waals surface area contributed by atoms with Crippen molar-refractivity contribution in [3.8, 4) is 12.3 Å². The van der Waals surface area contributed by atoms with E-state index < -0.39 is 5.91 Å². The SMILES string of the molecule is C#CC.NC(=O)c1c(N)sc2c1CC[C@H](CC1CC1)C2=O. The zero-order valence-electron chi connectivity index (χ0n) is 12.1. The van der Waals surface area contributed by atoms with Gasteiger partial charge in [-0.15, -0.1) is 23.7 Å². The van der Waals surface area contributed by atoms with Crippen molar-refractivity contribution in [1.82, 2.24) is 0 Å². The van der Waals surface area contributed by atoms with Crippen LogP contribution in [0.3, 0.4) is 0 Å². The van der Waals surface area contributed by atoms with Gasteiger partial charge in [-0.1, -0.05) is 12.8 Å². The van der Waals surface area contributed by atoms with Gasteiger partial charge in [-0.3, -0.25) is 9.59 Å². The van der Waals surface area contributed by atoms with E-state index in [0.29, 0.717) is 15.4 Å². The summed E-state index contributed by atoms with van der Waals surface area (Å²) in [5.74, 6) is 2.78. The van der Waals surface area contributed by atoms with E-state index in [-0.39, 0.29) is 11.7 Å². The fourth-order valence-electron chi connectivity index (χ4n) is 2.81. The molecule has 1 heterocycles. The summed E-state index contributed by atoms with van der Waals surface area (Å²) in [5.41, 5.74) is 12.3. The van der Waals surface area contributed by atoms with E-state index in [1.54, 1.807) is 6.92 Å². The number of rotatable bonds is 3. The molecule has 112 valence electrons. The van der Waals surface area contributed by atoms with E-state index in [1.807, 2.05) is 0 Å². The van der Waals surface area contributed by atoms with Crippen molar-refractivity contribution in [2.45, 2.75) is 39.0 Å². The minimum atomic E-state index is -0.515. The molecule has 1 aromatic rings. The molecular weight excluding hydrogens is 284 g/mol. The predicted molar refractivity (Wildman–Crippen MR) is 85.2 cm³/mol. The summed E-state index contributed by atoms with van der Waals surface area (Å²) in [6.45, 7) is 1.65. The van der Waals surface area contributed by atoms with E-state index in [0.717, 1.165) is 30.7 Å². The summed E-state index contributed by atoms with van der Waals surface area (Å²) < 4.78 is 0. The molecule has 1 amide bonds. The Morgan fingerprint density at radius 3 is 2.57 bits per heavy atom. The van der Waals surface area contributed by atoms with Gasteiger partial charge in [0.05, 0.1) is 15.4 Å². The van der Waals surface area contributed by atoms with Crippen LogP contribution >= 0.6 is 11.3 Å². The predicted octanol–water partition coefficient (Wildman–Crippen LogP) is 2.61. The Hall–Kier alpha value is -1.80. The number of hydrogen-bond donors (Lipinski definition) is 2. The molecule has 0 aromatic carbocycles. The fourth-order valence-corrected chi connectivity index (χ4v) is 3.95. The highest BCUT2D eigenvalue weighted by molar-refractivity contribution is 7.18. The molecule has 1 saturated carbocycles. The van der Waals surface area contributed by atoms with Crippen LogP contribution in [0.15, 0.2) is 0 Å². The van der Waals surface area contributed by atoms with Gasteiger partial charge in [0, 0.05) is 5.92 Å². The molecule has 1 fully saturated rings. The van der Waals surface area contributed by atoms with Crippen molar-refractivity contribution in [2.75, 3.05) is 5.73 Å². The van der Waals surface area contributed by atoms with Gasteiger partial charge < -0.3 is 11.5 Å². The number of thiophene rings is 1. The van der Waals surface area contributed by atoms with Crippen molar-refractivity contribution < 1.29 is 9.59 Å². The van der Waals surface area contributed by atoms with Crippen LogP contribution in [0.2, 0.25) is 0 Å². The number of terminal acetylenes is 1. The summed E-state index contributed by atoms with van der Waals surface area (Å²) in [4.78, 5) is 24.4. The Balaban J connectivity index is 0.000000497. The van der Waals surface area contributed by atoms with Crippen molar-refractivity contribution >= 4 is 28.0 Å². The number of fused-ring (bicyclic) bond motifs is 1. The molecular formula is C16H20N2O2S. The first-order valence-electron chi connectivity index (χ1n) is 7.12. The lowest BCUT2D eigenvalue weighted by molar-refractivity contribution is 0.0895. The van der Waals surface area contributed by atoms with E-state index in [4.69, 9.17) is 11.5 Å². The summed E-state index contributed by atoms with van der Waals surface area (Å²) in [6, 6.07) is 0. The average Bonchev–Trinajstić information content (AvgIpc) is 3.15. The minimum Gasteiger partial charge on any atom is -0.390 e. The molecule has 2 aliphatic carbocycles. The molecule has 21 heavy (non-hydrogen) atoms. The van der Waals surface area contributed by atoms with Gasteiger partial charge in [0.1, 0.15) is 0 Å². The standard InChI is InChI=1S/C13H16N2O2S.C3H4/c14-12(17)9-8-4-3-7(5-6-1-2-6)10(16)11(8)18-13(9)15;1-3-2/h6-7H,1-5,15H2,(H2,14,17);1H,2H3/t7-;/m1./s1. The van der Waals surface area contributed by atoms with Crippen LogP contribution in [-0.2, 0) is 6.42 Å². The Labute approximate surface area is 128 Å². The van der Waals surface area contributed by atoms with Crippen LogP contribution in [0.4, 0.5) is 5.00 Å². The smallest absolute Gasteiger partial charge is 0.251 e. The first kappa shape index (κ1) is 15.6. The summed E-state index contributed by atoms with van der Waals surface area (Å²) >= 11 is 1.23. The van der Waals surface area contributed by atoms with E-state index in [9.17, 15) is 9.59 Å². The second kappa shape index (κ2) is 6.31. The quantitative estimate of drug-likeness (QED) is 0.842. The van der Waals surface area contributed by atoms with Gasteiger partial charge in [-0.2, -0.15) is 0 Å². The van der Waals surface area contributed by atoms with E-state index in [2.05, 4.69) is 12.3 Å². The van der Waals surface area contributed by atoms with E-state index in [1.165, 1.54) is 24.2 Å². The van der Waals surface area contributed by atoms with Crippen LogP contribution in [0, 0.1) is 24.2 Å². The molecule has 0 aliphatic heterocycles. The number of amides is 1. The highest BCUT2D eigenvalue weighted by Gasteiger charge is 2.36. The number of Topliss-reactive ketones (excluding diaryl/α,β-unsaturated/α-hetero) is 1. The van der Waals surface area contributed by atoms with Gasteiger partial charge in [-0.25, -0.2) is 0 Å². The summed E-state index contributed by atoms with van der Waals surface area (Å²) in [6.07, 6.45) is 9.71. The zero-order valence-corrected chi connectivity index (χ0v) is 13.0. The summed E-state index contributed by atoms with van der Waals surface area (Å²) in [5, 5.41) is 0.396. The van der Waals surface area contributed by atoms with Gasteiger partial charge in [0.25, 0.3) is 5.91 Å². The van der Waals surface area contributed by atoms with Gasteiger partial charge in [0.15, 0.2) is 5.78 Å². The minimum absolute atomic E-state index is 0.128. The van der Waals surface area contributed by atoms with Crippen molar-refractivity contribution in [3.05, 3.63) is 16.0 Å². The van der Waals surface area contributed by atoms with Crippen molar-refractivity contribution in [2.24, 2.45) is 17.6 Å². The van der Waals surface area contributed by atoms with Crippen LogP contribution in [0.25, 0.3) is 0 Å². The highest BCUT2D eigenvalue weighted by Crippen LogP contribution is 2.43. The van der Waals surface area contributed by atoms with Crippen molar-refractivity contribution in [3.63, 3.8) is 0 Å². The lowest BCUT2D eigenvalue weighted by Crippen LogP contribution is -2.23. The molecule has 0 spiro atoms. The number of carbonyl (C=O) groups excluding carboxylic acids is 2. The second-order valence-electron chi connectivity index (χ2n) is 5.58. The number of carbonyl (C=O) groups is 2. The zero-order chi connectivity index (χ0) is 15.6. The van der Waals surface area contributed by atoms with Crippen LogP contribution in [0.1, 0.15) is 58.2 Å². The maximum atomic E-state index is 12.4. The molecule has 1 atom stereocenters. The fraction of sp³-hybridized carbons (Fsp3) is 0.500. The number of hydrogen-bond acceptors (Lipinski definition) is 4. The largest absolute Gasteiger partial charge is 0.390 e. The molecule has 0 bridgehead atoms. The number of primary amides is 1. The average molecular weight is 304 g/mol. The van der Waals surface area contributed by atoms with Crippen LogP contribution < -0.4 is 11.5 Å².